The Bertz CT molecular complexity index is 1710. The number of amides is 2. The average molecular weight is 576 g/mol. The number of nitrogens with one attached hydrogen (secondary N) is 1. The van der Waals surface area contributed by atoms with Gasteiger partial charge in [0.1, 0.15) is 17.4 Å². The predicted molar refractivity (Wildman–Crippen MR) is 155 cm³/mol. The molecule has 4 rings (SSSR count). The summed E-state index contributed by atoms with van der Waals surface area (Å²) in [6.45, 7) is -0.0108. The molecule has 5 N–H and O–H groups in total. The highest BCUT2D eigenvalue weighted by Crippen LogP contribution is 2.27. The molecule has 0 radical (unpaired) electrons. The number of sulfonamides is 1. The molecule has 0 aliphatic rings. The number of benzene rings is 4. The Morgan fingerprint density at radius 3 is 2.32 bits per heavy atom. The largest absolute Gasteiger partial charge is 0.441 e. The number of carbonyl (C=O) groups is 2. The molecule has 10 nitrogen and oxygen atoms in total. The number of hydrogen-bond acceptors (Lipinski definition) is 6. The summed E-state index contributed by atoms with van der Waals surface area (Å²) in [4.78, 5) is 30.2. The van der Waals surface area contributed by atoms with Crippen LogP contribution >= 0.6 is 0 Å². The fourth-order valence-corrected chi connectivity index (χ4v) is 4.65. The molecule has 0 aromatic heterocycles. The van der Waals surface area contributed by atoms with Crippen LogP contribution in [0.5, 0.6) is 5.75 Å². The third-order valence-corrected chi connectivity index (χ3v) is 6.84. The number of nitrogens with two attached hydrogens (primary N) is 2. The lowest BCUT2D eigenvalue weighted by molar-refractivity contribution is -0.114. The van der Waals surface area contributed by atoms with Crippen molar-refractivity contribution in [1.82, 2.24) is 0 Å². The van der Waals surface area contributed by atoms with Crippen LogP contribution in [-0.4, -0.2) is 39.8 Å². The number of hydrogen-bond donors (Lipinski definition) is 3. The van der Waals surface area contributed by atoms with E-state index < -0.39 is 21.9 Å². The first-order valence-electron chi connectivity index (χ1n) is 12.1. The lowest BCUT2D eigenvalue weighted by Gasteiger charge is -2.19. The zero-order valence-corrected chi connectivity index (χ0v) is 22.6. The molecule has 0 fully saturated rings. The topological polar surface area (TPSA) is 157 Å². The van der Waals surface area contributed by atoms with Crippen LogP contribution in [0.25, 0.3) is 11.1 Å². The summed E-state index contributed by atoms with van der Waals surface area (Å²) in [7, 11) is -2.19. The highest BCUT2D eigenvalue weighted by atomic mass is 32.2. The smallest absolute Gasteiger partial charge is 0.409 e. The second-order valence-corrected chi connectivity index (χ2v) is 10.4. The summed E-state index contributed by atoms with van der Waals surface area (Å²) in [5.74, 6) is -0.749. The van der Waals surface area contributed by atoms with Crippen molar-refractivity contribution in [2.24, 2.45) is 15.9 Å². The minimum Gasteiger partial charge on any atom is -0.409 e. The number of aliphatic imine (C=N–C) groups is 1. The van der Waals surface area contributed by atoms with E-state index in [4.69, 9.17) is 15.6 Å². The van der Waals surface area contributed by atoms with Crippen LogP contribution in [0.3, 0.4) is 0 Å². The van der Waals surface area contributed by atoms with Crippen LogP contribution in [-0.2, 0) is 14.8 Å². The molecule has 0 saturated carbocycles. The van der Waals surface area contributed by atoms with E-state index in [1.165, 1.54) is 18.2 Å². The number of rotatable bonds is 8. The van der Waals surface area contributed by atoms with Gasteiger partial charge in [0.25, 0.3) is 0 Å². The molecule has 4 aromatic rings. The Morgan fingerprint density at radius 1 is 0.951 bits per heavy atom. The minimum atomic E-state index is -3.90. The Labute approximate surface area is 236 Å². The highest BCUT2D eigenvalue weighted by Gasteiger charge is 2.15. The molecule has 0 spiro atoms. The number of anilines is 2. The molecule has 2 amide bonds. The van der Waals surface area contributed by atoms with Gasteiger partial charge >= 0.3 is 6.09 Å². The van der Waals surface area contributed by atoms with Crippen LogP contribution < -0.4 is 25.8 Å². The van der Waals surface area contributed by atoms with Crippen molar-refractivity contribution < 1.29 is 27.1 Å². The number of nitrogens with zero attached hydrogens (tertiary/aromatic N) is 2. The maximum Gasteiger partial charge on any atom is 0.441 e. The monoisotopic (exact) mass is 575 g/mol. The van der Waals surface area contributed by atoms with E-state index in [0.717, 1.165) is 12.1 Å². The molecule has 0 atom stereocenters. The summed E-state index contributed by atoms with van der Waals surface area (Å²) in [5, 5.41) is 8.13. The van der Waals surface area contributed by atoms with Crippen LogP contribution in [0.2, 0.25) is 0 Å². The van der Waals surface area contributed by atoms with Crippen molar-refractivity contribution in [3.8, 4) is 16.9 Å². The van der Waals surface area contributed by atoms with Gasteiger partial charge in [-0.15, -0.1) is 0 Å². The molecule has 0 bridgehead atoms. The SMILES string of the molecule is CN(CC(=O)Nc1ccc(-c2ccccc2S(N)(=O)=O)cc1)c1cccc(C(N)=NC(=O)Oc2ccc(F)cc2)c1. The van der Waals surface area contributed by atoms with Crippen molar-refractivity contribution in [2.45, 2.75) is 4.90 Å². The molecule has 0 saturated heterocycles. The van der Waals surface area contributed by atoms with Gasteiger partial charge in [-0.1, -0.05) is 42.5 Å². The van der Waals surface area contributed by atoms with Crippen molar-refractivity contribution >= 4 is 39.2 Å². The number of amidine groups is 1. The minimum absolute atomic E-state index is 0.0103. The quantitative estimate of drug-likeness (QED) is 0.211. The first-order valence-corrected chi connectivity index (χ1v) is 13.7. The molecule has 41 heavy (non-hydrogen) atoms. The second-order valence-electron chi connectivity index (χ2n) is 8.89. The first kappa shape index (κ1) is 28.9. The summed E-state index contributed by atoms with van der Waals surface area (Å²) in [5.41, 5.74) is 8.66. The maximum absolute atomic E-state index is 13.0. The Morgan fingerprint density at radius 2 is 1.63 bits per heavy atom. The van der Waals surface area contributed by atoms with Crippen molar-refractivity contribution in [3.05, 3.63) is 108 Å². The molecule has 0 unspecified atom stereocenters. The van der Waals surface area contributed by atoms with E-state index in [1.807, 2.05) is 0 Å². The van der Waals surface area contributed by atoms with Gasteiger partial charge in [-0.2, -0.15) is 4.99 Å². The lowest BCUT2D eigenvalue weighted by Crippen LogP contribution is -2.30. The number of primary sulfonamides is 1. The fourth-order valence-electron chi connectivity index (χ4n) is 3.89. The Hall–Kier alpha value is -5.07. The highest BCUT2D eigenvalue weighted by molar-refractivity contribution is 7.89. The van der Waals surface area contributed by atoms with Crippen LogP contribution in [0.4, 0.5) is 20.6 Å². The zero-order valence-electron chi connectivity index (χ0n) is 21.8. The van der Waals surface area contributed by atoms with Crippen LogP contribution in [0.15, 0.2) is 107 Å². The van der Waals surface area contributed by atoms with Gasteiger partial charge in [-0.25, -0.2) is 22.7 Å². The fraction of sp³-hybridized carbons (Fsp3) is 0.0690. The standard InChI is InChI=1S/C29H26FN5O5S/c1-35(23-6-4-5-20(17-23)28(31)34-29(37)40-24-15-11-21(30)12-16-24)18-27(36)33-22-13-9-19(10-14-22)25-7-2-3-8-26(25)41(32,38)39/h2-17H,18H2,1H3,(H,33,36)(H2,31,34,37)(H2,32,38,39). The molecular weight excluding hydrogens is 549 g/mol. The molecule has 4 aromatic carbocycles. The van der Waals surface area contributed by atoms with Crippen LogP contribution in [0.1, 0.15) is 5.56 Å². The van der Waals surface area contributed by atoms with Crippen molar-refractivity contribution in [3.63, 3.8) is 0 Å². The zero-order chi connectivity index (χ0) is 29.6. The summed E-state index contributed by atoms with van der Waals surface area (Å²) in [6, 6.07) is 24.8. The van der Waals surface area contributed by atoms with Gasteiger partial charge < -0.3 is 20.7 Å². The molecule has 0 aliphatic heterocycles. The van der Waals surface area contributed by atoms with Gasteiger partial charge in [-0.05, 0) is 60.2 Å². The Balaban J connectivity index is 1.38. The molecule has 12 heteroatoms. The molecular formula is C29H26FN5O5S. The van der Waals surface area contributed by atoms with Gasteiger partial charge in [0, 0.05) is 29.5 Å². The lowest BCUT2D eigenvalue weighted by atomic mass is 10.1. The number of halogens is 1. The average Bonchev–Trinajstić information content (AvgIpc) is 2.94. The molecule has 210 valence electrons. The molecule has 0 heterocycles. The third kappa shape index (κ3) is 7.75. The first-order chi connectivity index (χ1) is 19.5. The predicted octanol–water partition coefficient (Wildman–Crippen LogP) is 4.12. The van der Waals surface area contributed by atoms with E-state index >= 15 is 0 Å². The summed E-state index contributed by atoms with van der Waals surface area (Å²) in [6.07, 6.45) is -0.966. The number of carbonyl (C=O) groups excluding carboxylic acids is 2. The van der Waals surface area contributed by atoms with Gasteiger partial charge in [0.15, 0.2) is 0 Å². The van der Waals surface area contributed by atoms with Crippen molar-refractivity contribution in [2.75, 3.05) is 23.8 Å². The Kier molecular flexibility index (Phi) is 8.75. The molecule has 0 aliphatic carbocycles. The third-order valence-electron chi connectivity index (χ3n) is 5.87. The maximum atomic E-state index is 13.0. The van der Waals surface area contributed by atoms with Crippen LogP contribution in [0, 0.1) is 5.82 Å². The van der Waals surface area contributed by atoms with E-state index in [1.54, 1.807) is 78.7 Å². The van der Waals surface area contributed by atoms with E-state index in [9.17, 15) is 22.4 Å². The number of likely N-dealkylation sites (N-methyl/N-ethyl adjacent to an activating group) is 1. The van der Waals surface area contributed by atoms with Gasteiger partial charge in [0.05, 0.1) is 11.4 Å². The number of ether oxygens (including phenoxy) is 1. The van der Waals surface area contributed by atoms with Crippen molar-refractivity contribution in [1.29, 1.82) is 0 Å². The van der Waals surface area contributed by atoms with Gasteiger partial charge in [-0.3, -0.25) is 4.79 Å². The van der Waals surface area contributed by atoms with E-state index in [2.05, 4.69) is 10.3 Å². The summed E-state index contributed by atoms with van der Waals surface area (Å²) < 4.78 is 41.9. The normalized spacial score (nSPS) is 11.5. The summed E-state index contributed by atoms with van der Waals surface area (Å²) >= 11 is 0. The second kappa shape index (κ2) is 12.4. The van der Waals surface area contributed by atoms with E-state index in [-0.39, 0.29) is 28.9 Å². The van der Waals surface area contributed by atoms with Gasteiger partial charge in [0.2, 0.25) is 15.9 Å². The van der Waals surface area contributed by atoms with E-state index in [0.29, 0.717) is 28.1 Å².